The third-order valence-electron chi connectivity index (χ3n) is 4.13. The highest BCUT2D eigenvalue weighted by atomic mass is 16.4. The maximum absolute atomic E-state index is 11.7. The molecule has 0 aliphatic heterocycles. The summed E-state index contributed by atoms with van der Waals surface area (Å²) in [6.07, 6.45) is 3.63. The minimum atomic E-state index is -0.897. The van der Waals surface area contributed by atoms with Gasteiger partial charge in [0, 0.05) is 29.0 Å². The third-order valence-corrected chi connectivity index (χ3v) is 4.13. The molecular formula is C21H18N4O3. The molecule has 140 valence electrons. The number of aromatic nitrogens is 2. The van der Waals surface area contributed by atoms with Gasteiger partial charge in [0.25, 0.3) is 5.91 Å². The molecule has 4 aromatic rings. The molecule has 0 fully saturated rings. The van der Waals surface area contributed by atoms with Crippen LogP contribution in [0.4, 0.5) is 0 Å². The Morgan fingerprint density at radius 3 is 2.07 bits per heavy atom. The van der Waals surface area contributed by atoms with Crippen molar-refractivity contribution in [3.05, 3.63) is 83.5 Å². The summed E-state index contributed by atoms with van der Waals surface area (Å²) in [5, 5.41) is 13.5. The zero-order valence-electron chi connectivity index (χ0n) is 14.9. The second-order valence-electron chi connectivity index (χ2n) is 6.00. The lowest BCUT2D eigenvalue weighted by molar-refractivity contribution is 0.0696. The molecule has 2 aromatic heterocycles. The highest BCUT2D eigenvalue weighted by Gasteiger charge is 2.06. The molecule has 1 amide bonds. The number of benzene rings is 2. The number of carbonyl (C=O) groups excluding carboxylic acids is 1. The number of aromatic carboxylic acids is 1. The van der Waals surface area contributed by atoms with Gasteiger partial charge in [0.1, 0.15) is 0 Å². The van der Waals surface area contributed by atoms with Crippen molar-refractivity contribution in [3.63, 3.8) is 0 Å². The van der Waals surface area contributed by atoms with Crippen LogP contribution in [0.5, 0.6) is 0 Å². The van der Waals surface area contributed by atoms with Gasteiger partial charge in [-0.15, -0.1) is 0 Å². The summed E-state index contributed by atoms with van der Waals surface area (Å²) in [5.41, 5.74) is 2.72. The van der Waals surface area contributed by atoms with Crippen LogP contribution in [0.15, 0.2) is 60.9 Å². The summed E-state index contributed by atoms with van der Waals surface area (Å²) in [6, 6.07) is 14.4. The molecular weight excluding hydrogens is 356 g/mol. The van der Waals surface area contributed by atoms with Gasteiger partial charge < -0.3 is 25.2 Å². The average molecular weight is 374 g/mol. The predicted molar refractivity (Wildman–Crippen MR) is 107 cm³/mol. The van der Waals surface area contributed by atoms with Crippen LogP contribution >= 0.6 is 0 Å². The number of hydrogen-bond acceptors (Lipinski definition) is 2. The quantitative estimate of drug-likeness (QED) is 0.324. The Balaban J connectivity index is 0.000000167. The Hall–Kier alpha value is -4.05. The van der Waals surface area contributed by atoms with E-state index in [9.17, 15) is 9.59 Å². The van der Waals surface area contributed by atoms with Gasteiger partial charge >= 0.3 is 5.97 Å². The fourth-order valence-electron chi connectivity index (χ4n) is 2.70. The number of carbonyl (C=O) groups is 2. The molecule has 0 radical (unpaired) electrons. The molecule has 2 heterocycles. The van der Waals surface area contributed by atoms with Gasteiger partial charge in [-0.1, -0.05) is 12.1 Å². The molecule has 0 atom stereocenters. The first-order chi connectivity index (χ1) is 13.6. The standard InChI is InChI=1S/C12H11N3O.C9H7NO2/c1-13-6-7-15-12(16)10-3-2-9-4-5-14-11(9)8-10;11-9(12)7-2-1-6-3-4-10-8(6)5-7/h2-5,8,14H,6-7H2,(H,15,16);1-5,10H,(H,11,12). The smallest absolute Gasteiger partial charge is 0.335 e. The summed E-state index contributed by atoms with van der Waals surface area (Å²) in [7, 11) is 0. The van der Waals surface area contributed by atoms with Crippen molar-refractivity contribution in [2.45, 2.75) is 0 Å². The maximum atomic E-state index is 11.7. The number of fused-ring (bicyclic) bond motifs is 2. The van der Waals surface area contributed by atoms with E-state index in [2.05, 4.69) is 20.1 Å². The summed E-state index contributed by atoms with van der Waals surface area (Å²) in [4.78, 5) is 31.4. The Morgan fingerprint density at radius 1 is 0.929 bits per heavy atom. The van der Waals surface area contributed by atoms with Crippen molar-refractivity contribution in [2.75, 3.05) is 13.1 Å². The van der Waals surface area contributed by atoms with Gasteiger partial charge in [0.15, 0.2) is 0 Å². The van der Waals surface area contributed by atoms with Crippen molar-refractivity contribution < 1.29 is 14.7 Å². The molecule has 2 aromatic carbocycles. The van der Waals surface area contributed by atoms with E-state index in [4.69, 9.17) is 11.7 Å². The van der Waals surface area contributed by atoms with Crippen LogP contribution in [-0.4, -0.2) is 40.0 Å². The average Bonchev–Trinajstić information content (AvgIpc) is 3.36. The van der Waals surface area contributed by atoms with Crippen LogP contribution in [0, 0.1) is 6.57 Å². The first kappa shape index (κ1) is 18.7. The number of carboxylic acids is 1. The molecule has 0 spiro atoms. The van der Waals surface area contributed by atoms with Gasteiger partial charge in [-0.2, -0.15) is 0 Å². The van der Waals surface area contributed by atoms with Crippen LogP contribution in [0.3, 0.4) is 0 Å². The Kier molecular flexibility index (Phi) is 5.72. The minimum absolute atomic E-state index is 0.139. The van der Waals surface area contributed by atoms with E-state index >= 15 is 0 Å². The number of nitrogens with one attached hydrogen (secondary N) is 3. The second-order valence-corrected chi connectivity index (χ2v) is 6.00. The normalized spacial score (nSPS) is 10.1. The highest BCUT2D eigenvalue weighted by molar-refractivity contribution is 5.98. The van der Waals surface area contributed by atoms with E-state index in [1.54, 1.807) is 30.5 Å². The third kappa shape index (κ3) is 4.37. The zero-order chi connectivity index (χ0) is 19.9. The van der Waals surface area contributed by atoms with Gasteiger partial charge in [-0.25, -0.2) is 11.4 Å². The number of rotatable bonds is 4. The zero-order valence-corrected chi connectivity index (χ0v) is 14.9. The van der Waals surface area contributed by atoms with Crippen LogP contribution in [0.25, 0.3) is 26.7 Å². The number of carboxylic acid groups (broad SMARTS) is 1. The molecule has 7 nitrogen and oxygen atoms in total. The molecule has 0 aliphatic rings. The summed E-state index contributed by atoms with van der Waals surface area (Å²) in [5.74, 6) is -1.04. The molecule has 0 saturated heterocycles. The van der Waals surface area contributed by atoms with Crippen molar-refractivity contribution in [3.8, 4) is 0 Å². The monoisotopic (exact) mass is 374 g/mol. The van der Waals surface area contributed by atoms with Gasteiger partial charge in [-0.3, -0.25) is 4.79 Å². The molecule has 0 bridgehead atoms. The summed E-state index contributed by atoms with van der Waals surface area (Å²) >= 11 is 0. The fraction of sp³-hybridized carbons (Fsp3) is 0.0952. The lowest BCUT2D eigenvalue weighted by Crippen LogP contribution is -2.25. The van der Waals surface area contributed by atoms with Crippen LogP contribution in [0.2, 0.25) is 0 Å². The first-order valence-corrected chi connectivity index (χ1v) is 8.57. The second kappa shape index (κ2) is 8.56. The molecule has 4 rings (SSSR count). The topological polar surface area (TPSA) is 102 Å². The van der Waals surface area contributed by atoms with Crippen molar-refractivity contribution in [1.82, 2.24) is 15.3 Å². The summed E-state index contributed by atoms with van der Waals surface area (Å²) in [6.45, 7) is 7.32. The van der Waals surface area contributed by atoms with Crippen LogP contribution in [-0.2, 0) is 0 Å². The lowest BCUT2D eigenvalue weighted by atomic mass is 10.1. The SMILES string of the molecule is O=C(O)c1ccc2cc[nH]c2c1.[C-]#[N+]CCNC(=O)c1ccc2cc[nH]c2c1. The number of amides is 1. The van der Waals surface area contributed by atoms with Crippen LogP contribution in [0.1, 0.15) is 20.7 Å². The van der Waals surface area contributed by atoms with Crippen LogP contribution < -0.4 is 5.32 Å². The van der Waals surface area contributed by atoms with Gasteiger partial charge in [0.2, 0.25) is 6.54 Å². The highest BCUT2D eigenvalue weighted by Crippen LogP contribution is 2.14. The van der Waals surface area contributed by atoms with E-state index in [0.29, 0.717) is 24.2 Å². The maximum Gasteiger partial charge on any atom is 0.335 e. The van der Waals surface area contributed by atoms with E-state index < -0.39 is 5.97 Å². The van der Waals surface area contributed by atoms with E-state index in [1.807, 2.05) is 30.5 Å². The molecule has 7 heteroatoms. The Morgan fingerprint density at radius 2 is 1.50 bits per heavy atom. The Bertz CT molecular complexity index is 1170. The van der Waals surface area contributed by atoms with Gasteiger partial charge in [0.05, 0.1) is 12.1 Å². The van der Waals surface area contributed by atoms with E-state index in [-0.39, 0.29) is 5.91 Å². The van der Waals surface area contributed by atoms with Gasteiger partial charge in [-0.05, 0) is 47.2 Å². The number of nitrogens with zero attached hydrogens (tertiary/aromatic N) is 1. The molecule has 0 saturated carbocycles. The largest absolute Gasteiger partial charge is 0.478 e. The lowest BCUT2D eigenvalue weighted by Gasteiger charge is -2.01. The molecule has 28 heavy (non-hydrogen) atoms. The van der Waals surface area contributed by atoms with E-state index in [0.717, 1.165) is 21.8 Å². The Labute approximate surface area is 160 Å². The molecule has 0 unspecified atom stereocenters. The molecule has 4 N–H and O–H groups in total. The summed E-state index contributed by atoms with van der Waals surface area (Å²) < 4.78 is 0. The molecule has 0 aliphatic carbocycles. The van der Waals surface area contributed by atoms with E-state index in [1.165, 1.54) is 0 Å². The van der Waals surface area contributed by atoms with Crippen molar-refractivity contribution >= 4 is 33.7 Å². The predicted octanol–water partition coefficient (Wildman–Crippen LogP) is 3.68. The number of hydrogen-bond donors (Lipinski definition) is 4. The minimum Gasteiger partial charge on any atom is -0.478 e. The van der Waals surface area contributed by atoms with Crippen molar-refractivity contribution in [2.24, 2.45) is 0 Å². The number of aromatic amines is 2. The number of H-pyrrole nitrogens is 2. The van der Waals surface area contributed by atoms with Crippen molar-refractivity contribution in [1.29, 1.82) is 0 Å². The first-order valence-electron chi connectivity index (χ1n) is 8.57. The fourth-order valence-corrected chi connectivity index (χ4v) is 2.70.